The smallest absolute Gasteiger partial charge is 0.414 e. The van der Waals surface area contributed by atoms with Crippen LogP contribution in [0.25, 0.3) is 10.9 Å². The van der Waals surface area contributed by atoms with Crippen LogP contribution in [0.5, 0.6) is 0 Å². The molecule has 0 atom stereocenters. The molecule has 0 amide bonds. The van der Waals surface area contributed by atoms with E-state index in [1.807, 2.05) is 6.20 Å². The van der Waals surface area contributed by atoms with E-state index in [0.29, 0.717) is 0 Å². The Bertz CT molecular complexity index is 612. The second kappa shape index (κ2) is 8.01. The molecule has 0 saturated heterocycles. The fourth-order valence-electron chi connectivity index (χ4n) is 1.82. The zero-order valence-electron chi connectivity index (χ0n) is 11.3. The summed E-state index contributed by atoms with van der Waals surface area (Å²) in [5, 5.41) is 15.8. The number of aryl methyl sites for hydroxylation is 1. The minimum atomic E-state index is -1.82. The molecule has 6 nitrogen and oxygen atoms in total. The van der Waals surface area contributed by atoms with E-state index in [4.69, 9.17) is 25.5 Å². The van der Waals surface area contributed by atoms with Gasteiger partial charge in [-0.15, -0.1) is 0 Å². The number of carboxylic acids is 2. The van der Waals surface area contributed by atoms with Crippen LogP contribution in [-0.2, 0) is 16.0 Å². The van der Waals surface area contributed by atoms with Gasteiger partial charge in [0, 0.05) is 17.1 Å². The number of aromatic amines is 1. The SMILES string of the molecule is NCCCCc1c[nH]c2ccc(F)cc12.O=C(O)C(=O)O. The third-order valence-electron chi connectivity index (χ3n) is 2.81. The first-order chi connectivity index (χ1) is 9.95. The molecule has 1 aromatic carbocycles. The molecular weight excluding hydrogens is 279 g/mol. The average Bonchev–Trinajstić information content (AvgIpc) is 2.82. The molecule has 0 spiro atoms. The van der Waals surface area contributed by atoms with Gasteiger partial charge in [-0.1, -0.05) is 0 Å². The maximum absolute atomic E-state index is 13.0. The van der Waals surface area contributed by atoms with Crippen molar-refractivity contribution in [2.45, 2.75) is 19.3 Å². The first-order valence-corrected chi connectivity index (χ1v) is 6.37. The van der Waals surface area contributed by atoms with E-state index in [9.17, 15) is 4.39 Å². The van der Waals surface area contributed by atoms with Gasteiger partial charge in [0.1, 0.15) is 5.82 Å². The van der Waals surface area contributed by atoms with Gasteiger partial charge in [-0.2, -0.15) is 0 Å². The van der Waals surface area contributed by atoms with E-state index in [-0.39, 0.29) is 5.82 Å². The van der Waals surface area contributed by atoms with Crippen molar-refractivity contribution in [3.63, 3.8) is 0 Å². The number of H-pyrrole nitrogens is 1. The minimum Gasteiger partial charge on any atom is -0.473 e. The van der Waals surface area contributed by atoms with Crippen molar-refractivity contribution >= 4 is 22.8 Å². The van der Waals surface area contributed by atoms with Crippen molar-refractivity contribution in [3.05, 3.63) is 35.8 Å². The van der Waals surface area contributed by atoms with Crippen LogP contribution in [0.2, 0.25) is 0 Å². The van der Waals surface area contributed by atoms with E-state index < -0.39 is 11.9 Å². The lowest BCUT2D eigenvalue weighted by Gasteiger charge is -1.98. The topological polar surface area (TPSA) is 116 Å². The molecule has 21 heavy (non-hydrogen) atoms. The normalized spacial score (nSPS) is 10.0. The van der Waals surface area contributed by atoms with Gasteiger partial charge < -0.3 is 20.9 Å². The molecule has 0 radical (unpaired) electrons. The largest absolute Gasteiger partial charge is 0.473 e. The standard InChI is InChI=1S/C12H15FN2.C2H2O4/c13-10-4-5-12-11(7-10)9(8-15-12)3-1-2-6-14;3-1(4)2(5)6/h4-5,7-8,15H,1-3,6,14H2;(H,3,4)(H,5,6). The zero-order chi connectivity index (χ0) is 15.8. The maximum Gasteiger partial charge on any atom is 0.414 e. The molecule has 0 saturated carbocycles. The highest BCUT2D eigenvalue weighted by Crippen LogP contribution is 2.20. The Morgan fingerprint density at radius 2 is 1.86 bits per heavy atom. The number of hydrogen-bond acceptors (Lipinski definition) is 3. The molecule has 0 fully saturated rings. The van der Waals surface area contributed by atoms with E-state index in [1.165, 1.54) is 11.6 Å². The molecule has 1 heterocycles. The first kappa shape index (κ1) is 16.6. The van der Waals surface area contributed by atoms with Crippen LogP contribution < -0.4 is 5.73 Å². The van der Waals surface area contributed by atoms with Gasteiger partial charge in [0.25, 0.3) is 0 Å². The lowest BCUT2D eigenvalue weighted by Crippen LogP contribution is -2.09. The maximum atomic E-state index is 13.0. The van der Waals surface area contributed by atoms with Crippen molar-refractivity contribution in [3.8, 4) is 0 Å². The summed E-state index contributed by atoms with van der Waals surface area (Å²) in [6.07, 6.45) is 4.99. The number of aliphatic carboxylic acids is 2. The van der Waals surface area contributed by atoms with Crippen LogP contribution in [0.1, 0.15) is 18.4 Å². The van der Waals surface area contributed by atoms with Crippen LogP contribution in [-0.4, -0.2) is 33.7 Å². The van der Waals surface area contributed by atoms with E-state index in [2.05, 4.69) is 4.98 Å². The fourth-order valence-corrected chi connectivity index (χ4v) is 1.82. The number of unbranched alkanes of at least 4 members (excludes halogenated alkanes) is 1. The summed E-state index contributed by atoms with van der Waals surface area (Å²) in [6, 6.07) is 4.84. The average molecular weight is 296 g/mol. The Hall–Kier alpha value is -2.41. The quantitative estimate of drug-likeness (QED) is 0.506. The number of nitrogens with one attached hydrogen (secondary N) is 1. The van der Waals surface area contributed by atoms with E-state index >= 15 is 0 Å². The summed E-state index contributed by atoms with van der Waals surface area (Å²) in [7, 11) is 0. The number of carboxylic acid groups (broad SMARTS) is 2. The van der Waals surface area contributed by atoms with Crippen molar-refractivity contribution < 1.29 is 24.2 Å². The Balaban J connectivity index is 0.000000315. The molecule has 7 heteroatoms. The monoisotopic (exact) mass is 296 g/mol. The molecule has 5 N–H and O–H groups in total. The summed E-state index contributed by atoms with van der Waals surface area (Å²) in [5.74, 6) is -3.83. The number of nitrogens with two attached hydrogens (primary N) is 1. The molecule has 0 aliphatic rings. The zero-order valence-corrected chi connectivity index (χ0v) is 11.3. The number of rotatable bonds is 4. The molecule has 1 aromatic heterocycles. The summed E-state index contributed by atoms with van der Waals surface area (Å²) in [6.45, 7) is 0.719. The number of carbonyl (C=O) groups is 2. The molecule has 2 aromatic rings. The third kappa shape index (κ3) is 5.23. The number of fused-ring (bicyclic) bond motifs is 1. The molecule has 0 aliphatic heterocycles. The highest BCUT2D eigenvalue weighted by molar-refractivity contribution is 6.27. The van der Waals surface area contributed by atoms with Gasteiger partial charge in [0.2, 0.25) is 0 Å². The second-order valence-corrected chi connectivity index (χ2v) is 4.36. The number of benzene rings is 1. The molecule has 114 valence electrons. The van der Waals surface area contributed by atoms with Crippen LogP contribution in [0.3, 0.4) is 0 Å². The van der Waals surface area contributed by atoms with Gasteiger partial charge in [0.15, 0.2) is 0 Å². The van der Waals surface area contributed by atoms with Gasteiger partial charge in [-0.3, -0.25) is 0 Å². The summed E-state index contributed by atoms with van der Waals surface area (Å²) < 4.78 is 13.0. The summed E-state index contributed by atoms with van der Waals surface area (Å²) >= 11 is 0. The molecule has 0 aliphatic carbocycles. The van der Waals surface area contributed by atoms with Crippen molar-refractivity contribution in [1.29, 1.82) is 0 Å². The van der Waals surface area contributed by atoms with Crippen molar-refractivity contribution in [1.82, 2.24) is 4.98 Å². The number of halogens is 1. The highest BCUT2D eigenvalue weighted by Gasteiger charge is 2.04. The van der Waals surface area contributed by atoms with Crippen LogP contribution in [0.4, 0.5) is 4.39 Å². The molecule has 0 unspecified atom stereocenters. The van der Waals surface area contributed by atoms with Gasteiger partial charge in [-0.05, 0) is 49.6 Å². The van der Waals surface area contributed by atoms with Gasteiger partial charge in [-0.25, -0.2) is 14.0 Å². The van der Waals surface area contributed by atoms with Crippen molar-refractivity contribution in [2.75, 3.05) is 6.54 Å². The predicted molar refractivity (Wildman–Crippen MR) is 75.5 cm³/mol. The molecular formula is C14H17FN2O4. The second-order valence-electron chi connectivity index (χ2n) is 4.36. The Labute approximate surface area is 120 Å². The summed E-state index contributed by atoms with van der Waals surface area (Å²) in [5.41, 5.74) is 7.61. The van der Waals surface area contributed by atoms with E-state index in [0.717, 1.165) is 36.7 Å². The van der Waals surface area contributed by atoms with Crippen molar-refractivity contribution in [2.24, 2.45) is 5.73 Å². The van der Waals surface area contributed by atoms with Gasteiger partial charge >= 0.3 is 11.9 Å². The van der Waals surface area contributed by atoms with Gasteiger partial charge in [0.05, 0.1) is 0 Å². The van der Waals surface area contributed by atoms with E-state index in [1.54, 1.807) is 12.1 Å². The first-order valence-electron chi connectivity index (χ1n) is 6.37. The highest BCUT2D eigenvalue weighted by atomic mass is 19.1. The number of hydrogen-bond donors (Lipinski definition) is 4. The lowest BCUT2D eigenvalue weighted by molar-refractivity contribution is -0.159. The fraction of sp³-hybridized carbons (Fsp3) is 0.286. The summed E-state index contributed by atoms with van der Waals surface area (Å²) in [4.78, 5) is 21.3. The van der Waals surface area contributed by atoms with Crippen LogP contribution >= 0.6 is 0 Å². The Morgan fingerprint density at radius 3 is 2.43 bits per heavy atom. The van der Waals surface area contributed by atoms with Crippen LogP contribution in [0.15, 0.2) is 24.4 Å². The predicted octanol–water partition coefficient (Wildman–Crippen LogP) is 1.74. The van der Waals surface area contributed by atoms with Crippen LogP contribution in [0, 0.1) is 5.82 Å². The molecule has 2 rings (SSSR count). The number of aromatic nitrogens is 1. The Kier molecular flexibility index (Phi) is 6.35. The molecule has 0 bridgehead atoms. The lowest BCUT2D eigenvalue weighted by atomic mass is 10.1. The minimum absolute atomic E-state index is 0.179. The third-order valence-corrected chi connectivity index (χ3v) is 2.81. The Morgan fingerprint density at radius 1 is 1.19 bits per heavy atom.